The van der Waals surface area contributed by atoms with Gasteiger partial charge in [0.05, 0.1) is 16.9 Å². The number of benzene rings is 1. The fourth-order valence-corrected chi connectivity index (χ4v) is 1.39. The number of nitrogens with zero attached hydrogens (tertiary/aromatic N) is 3. The largest absolute Gasteiger partial charge is 0.333 e. The smallest absolute Gasteiger partial charge is 0.152 e. The van der Waals surface area contributed by atoms with Crippen LogP contribution in [0.4, 0.5) is 5.69 Å². The number of imidazole rings is 1. The lowest BCUT2D eigenvalue weighted by atomic mass is 10.3. The van der Waals surface area contributed by atoms with Gasteiger partial charge in [-0.15, -0.1) is 0 Å². The van der Waals surface area contributed by atoms with Gasteiger partial charge in [0, 0.05) is 19.4 Å². The standard InChI is InChI=1S/C11H11ClN4/c1-16-7-6-13-11(16)8-14-15-10-5-3-2-4-9(10)12/h2-8,15H,1H3. The topological polar surface area (TPSA) is 42.2 Å². The molecule has 2 aromatic rings. The Balaban J connectivity index is 2.06. The summed E-state index contributed by atoms with van der Waals surface area (Å²) in [5, 5.41) is 4.70. The van der Waals surface area contributed by atoms with E-state index in [0.29, 0.717) is 5.02 Å². The normalized spacial score (nSPS) is 10.9. The molecule has 1 aromatic heterocycles. The molecule has 0 spiro atoms. The van der Waals surface area contributed by atoms with Crippen LogP contribution in [0, 0.1) is 0 Å². The molecular formula is C11H11ClN4. The summed E-state index contributed by atoms with van der Waals surface area (Å²) in [6.45, 7) is 0. The predicted molar refractivity (Wildman–Crippen MR) is 65.9 cm³/mol. The Morgan fingerprint density at radius 1 is 1.44 bits per heavy atom. The maximum atomic E-state index is 5.96. The first-order valence-corrected chi connectivity index (χ1v) is 5.16. The number of halogens is 1. The van der Waals surface area contributed by atoms with Crippen LogP contribution < -0.4 is 5.43 Å². The Hall–Kier alpha value is -1.81. The first kappa shape index (κ1) is 10.7. The minimum atomic E-state index is 0.638. The summed E-state index contributed by atoms with van der Waals surface area (Å²) >= 11 is 5.96. The molecule has 1 heterocycles. The van der Waals surface area contributed by atoms with Crippen LogP contribution in [0.5, 0.6) is 0 Å². The third-order valence-corrected chi connectivity index (χ3v) is 2.43. The van der Waals surface area contributed by atoms with Crippen molar-refractivity contribution in [3.63, 3.8) is 0 Å². The number of nitrogens with one attached hydrogen (secondary N) is 1. The minimum Gasteiger partial charge on any atom is -0.333 e. The van der Waals surface area contributed by atoms with E-state index in [1.54, 1.807) is 18.5 Å². The van der Waals surface area contributed by atoms with Crippen molar-refractivity contribution in [2.75, 3.05) is 5.43 Å². The van der Waals surface area contributed by atoms with E-state index >= 15 is 0 Å². The van der Waals surface area contributed by atoms with Crippen molar-refractivity contribution < 1.29 is 0 Å². The molecular weight excluding hydrogens is 224 g/mol. The van der Waals surface area contributed by atoms with Gasteiger partial charge in [-0.2, -0.15) is 5.10 Å². The highest BCUT2D eigenvalue weighted by atomic mass is 35.5. The lowest BCUT2D eigenvalue weighted by molar-refractivity contribution is 0.901. The Labute approximate surface area is 98.6 Å². The number of hydrogen-bond acceptors (Lipinski definition) is 3. The summed E-state index contributed by atoms with van der Waals surface area (Å²) in [4.78, 5) is 4.11. The number of para-hydroxylation sites is 1. The monoisotopic (exact) mass is 234 g/mol. The van der Waals surface area contributed by atoms with Crippen molar-refractivity contribution in [1.82, 2.24) is 9.55 Å². The average Bonchev–Trinajstić information content (AvgIpc) is 2.67. The zero-order valence-electron chi connectivity index (χ0n) is 8.76. The number of aromatic nitrogens is 2. The van der Waals surface area contributed by atoms with Crippen molar-refractivity contribution in [3.05, 3.63) is 47.5 Å². The molecule has 4 nitrogen and oxygen atoms in total. The molecule has 0 saturated carbocycles. The van der Waals surface area contributed by atoms with Crippen molar-refractivity contribution in [3.8, 4) is 0 Å². The lowest BCUT2D eigenvalue weighted by Gasteiger charge is -2.01. The third-order valence-electron chi connectivity index (χ3n) is 2.10. The molecule has 1 aromatic carbocycles. The van der Waals surface area contributed by atoms with Gasteiger partial charge in [-0.1, -0.05) is 23.7 Å². The Kier molecular flexibility index (Phi) is 3.22. The first-order chi connectivity index (χ1) is 7.77. The molecule has 0 aliphatic rings. The van der Waals surface area contributed by atoms with Gasteiger partial charge in [0.2, 0.25) is 0 Å². The van der Waals surface area contributed by atoms with Gasteiger partial charge in [0.15, 0.2) is 5.82 Å². The summed E-state index contributed by atoms with van der Waals surface area (Å²) in [7, 11) is 1.91. The Bertz CT molecular complexity index is 504. The van der Waals surface area contributed by atoms with Crippen LogP contribution in [0.25, 0.3) is 0 Å². The second-order valence-electron chi connectivity index (χ2n) is 3.25. The lowest BCUT2D eigenvalue weighted by Crippen LogP contribution is -1.97. The molecule has 2 rings (SSSR count). The molecule has 0 aliphatic carbocycles. The molecule has 0 radical (unpaired) electrons. The van der Waals surface area contributed by atoms with Crippen LogP contribution >= 0.6 is 11.6 Å². The van der Waals surface area contributed by atoms with Gasteiger partial charge in [0.1, 0.15) is 0 Å². The fourth-order valence-electron chi connectivity index (χ4n) is 1.21. The molecule has 0 aliphatic heterocycles. The Morgan fingerprint density at radius 3 is 2.94 bits per heavy atom. The number of anilines is 1. The number of hydrazone groups is 1. The summed E-state index contributed by atoms with van der Waals surface area (Å²) in [6, 6.07) is 7.43. The fraction of sp³-hybridized carbons (Fsp3) is 0.0909. The molecule has 16 heavy (non-hydrogen) atoms. The molecule has 1 N–H and O–H groups in total. The van der Waals surface area contributed by atoms with Gasteiger partial charge < -0.3 is 4.57 Å². The van der Waals surface area contributed by atoms with E-state index in [1.165, 1.54) is 0 Å². The molecule has 5 heteroatoms. The van der Waals surface area contributed by atoms with Crippen molar-refractivity contribution in [1.29, 1.82) is 0 Å². The third kappa shape index (κ3) is 2.41. The zero-order valence-corrected chi connectivity index (χ0v) is 9.52. The minimum absolute atomic E-state index is 0.638. The van der Waals surface area contributed by atoms with E-state index in [-0.39, 0.29) is 0 Å². The van der Waals surface area contributed by atoms with Crippen molar-refractivity contribution in [2.45, 2.75) is 0 Å². The molecule has 0 saturated heterocycles. The van der Waals surface area contributed by atoms with E-state index in [4.69, 9.17) is 11.6 Å². The van der Waals surface area contributed by atoms with Gasteiger partial charge in [0.25, 0.3) is 0 Å². The van der Waals surface area contributed by atoms with Gasteiger partial charge in [-0.25, -0.2) is 4.98 Å². The van der Waals surface area contributed by atoms with E-state index in [1.807, 2.05) is 36.0 Å². The van der Waals surface area contributed by atoms with Crippen LogP contribution in [0.1, 0.15) is 5.82 Å². The van der Waals surface area contributed by atoms with Crippen LogP contribution in [-0.2, 0) is 7.05 Å². The summed E-state index contributed by atoms with van der Waals surface area (Å²) < 4.78 is 1.87. The van der Waals surface area contributed by atoms with Gasteiger partial charge in [-0.3, -0.25) is 5.43 Å². The van der Waals surface area contributed by atoms with Crippen molar-refractivity contribution >= 4 is 23.5 Å². The Morgan fingerprint density at radius 2 is 2.25 bits per heavy atom. The maximum Gasteiger partial charge on any atom is 0.152 e. The second kappa shape index (κ2) is 4.81. The molecule has 0 atom stereocenters. The van der Waals surface area contributed by atoms with Crippen LogP contribution in [0.15, 0.2) is 41.8 Å². The maximum absolute atomic E-state index is 5.96. The molecule has 0 amide bonds. The summed E-state index contributed by atoms with van der Waals surface area (Å²) in [6.07, 6.45) is 5.22. The van der Waals surface area contributed by atoms with Gasteiger partial charge in [-0.05, 0) is 12.1 Å². The highest BCUT2D eigenvalue weighted by Gasteiger charge is 1.96. The molecule has 82 valence electrons. The van der Waals surface area contributed by atoms with E-state index < -0.39 is 0 Å². The van der Waals surface area contributed by atoms with E-state index in [0.717, 1.165) is 11.5 Å². The molecule has 0 fully saturated rings. The van der Waals surface area contributed by atoms with E-state index in [2.05, 4.69) is 15.5 Å². The number of aryl methyl sites for hydroxylation is 1. The average molecular weight is 235 g/mol. The van der Waals surface area contributed by atoms with Crippen molar-refractivity contribution in [2.24, 2.45) is 12.1 Å². The predicted octanol–water partition coefficient (Wildman–Crippen LogP) is 2.52. The molecule has 0 bridgehead atoms. The van der Waals surface area contributed by atoms with Gasteiger partial charge >= 0.3 is 0 Å². The SMILES string of the molecule is Cn1ccnc1C=NNc1ccccc1Cl. The summed E-state index contributed by atoms with van der Waals surface area (Å²) in [5.41, 5.74) is 3.64. The van der Waals surface area contributed by atoms with Crippen LogP contribution in [-0.4, -0.2) is 15.8 Å². The quantitative estimate of drug-likeness (QED) is 0.655. The van der Waals surface area contributed by atoms with Crippen LogP contribution in [0.3, 0.4) is 0 Å². The zero-order chi connectivity index (χ0) is 11.4. The number of rotatable bonds is 3. The summed E-state index contributed by atoms with van der Waals surface area (Å²) in [5.74, 6) is 0.777. The van der Waals surface area contributed by atoms with E-state index in [9.17, 15) is 0 Å². The highest BCUT2D eigenvalue weighted by molar-refractivity contribution is 6.33. The first-order valence-electron chi connectivity index (χ1n) is 4.78. The second-order valence-corrected chi connectivity index (χ2v) is 3.65. The highest BCUT2D eigenvalue weighted by Crippen LogP contribution is 2.19. The van der Waals surface area contributed by atoms with Crippen LogP contribution in [0.2, 0.25) is 5.02 Å². The molecule has 0 unspecified atom stereocenters. The number of hydrogen-bond donors (Lipinski definition) is 1.